The Bertz CT molecular complexity index is 345. The van der Waals surface area contributed by atoms with Crippen LogP contribution in [0.3, 0.4) is 0 Å². The molecule has 2 unspecified atom stereocenters. The van der Waals surface area contributed by atoms with Gasteiger partial charge in [0, 0.05) is 34.5 Å². The molecule has 16 heavy (non-hydrogen) atoms. The molecule has 0 spiro atoms. The molecular weight excluding hydrogens is 218 g/mol. The summed E-state index contributed by atoms with van der Waals surface area (Å²) in [6, 6.07) is 8.47. The van der Waals surface area contributed by atoms with E-state index in [4.69, 9.17) is 0 Å². The minimum absolute atomic E-state index is 0.514. The quantitative estimate of drug-likeness (QED) is 0.855. The van der Waals surface area contributed by atoms with Gasteiger partial charge in [-0.1, -0.05) is 26.0 Å². The molecule has 0 aromatic heterocycles. The van der Waals surface area contributed by atoms with Crippen molar-refractivity contribution in [1.29, 1.82) is 0 Å². The van der Waals surface area contributed by atoms with Gasteiger partial charge in [-0.3, -0.25) is 4.21 Å². The summed E-state index contributed by atoms with van der Waals surface area (Å²) in [7, 11) is -0.878. The van der Waals surface area contributed by atoms with Crippen LogP contribution >= 0.6 is 0 Å². The third kappa shape index (κ3) is 4.06. The number of nitrogens with one attached hydrogen (secondary N) is 1. The van der Waals surface area contributed by atoms with Crippen LogP contribution in [0, 0.1) is 5.92 Å². The van der Waals surface area contributed by atoms with Crippen LogP contribution in [0.5, 0.6) is 0 Å². The Morgan fingerprint density at radius 2 is 1.75 bits per heavy atom. The first-order chi connectivity index (χ1) is 7.50. The van der Waals surface area contributed by atoms with Crippen molar-refractivity contribution in [3.8, 4) is 0 Å². The zero-order chi connectivity index (χ0) is 12.1. The zero-order valence-corrected chi connectivity index (χ0v) is 11.3. The largest absolute Gasteiger partial charge is 0.310 e. The number of hydrogen-bond acceptors (Lipinski definition) is 2. The molecule has 0 saturated carbocycles. The van der Waals surface area contributed by atoms with Crippen LogP contribution < -0.4 is 5.32 Å². The minimum atomic E-state index is -0.878. The summed E-state index contributed by atoms with van der Waals surface area (Å²) in [5.74, 6) is 0.641. The predicted molar refractivity (Wildman–Crippen MR) is 69.9 cm³/mol. The van der Waals surface area contributed by atoms with Gasteiger partial charge in [0.1, 0.15) is 0 Å². The SMILES string of the molecule is CC(C)C(C)NCc1ccc(S(C)=O)cc1. The van der Waals surface area contributed by atoms with Crippen LogP contribution in [0.25, 0.3) is 0 Å². The molecule has 0 amide bonds. The molecule has 90 valence electrons. The van der Waals surface area contributed by atoms with Gasteiger partial charge in [0.15, 0.2) is 0 Å². The number of benzene rings is 1. The van der Waals surface area contributed by atoms with E-state index in [1.165, 1.54) is 5.56 Å². The standard InChI is InChI=1S/C13H21NOS/c1-10(2)11(3)14-9-12-5-7-13(8-6-12)16(4)15/h5-8,10-11,14H,9H2,1-4H3. The first kappa shape index (κ1) is 13.4. The van der Waals surface area contributed by atoms with Crippen molar-refractivity contribution < 1.29 is 4.21 Å². The summed E-state index contributed by atoms with van der Waals surface area (Å²) >= 11 is 0. The summed E-state index contributed by atoms with van der Waals surface area (Å²) < 4.78 is 11.2. The van der Waals surface area contributed by atoms with Gasteiger partial charge in [-0.15, -0.1) is 0 Å². The van der Waals surface area contributed by atoms with Gasteiger partial charge in [0.2, 0.25) is 0 Å². The second-order valence-corrected chi connectivity index (χ2v) is 5.89. The average molecular weight is 239 g/mol. The van der Waals surface area contributed by atoms with Crippen molar-refractivity contribution in [2.45, 2.75) is 38.3 Å². The van der Waals surface area contributed by atoms with Crippen molar-refractivity contribution in [3.63, 3.8) is 0 Å². The highest BCUT2D eigenvalue weighted by atomic mass is 32.2. The molecule has 0 aliphatic heterocycles. The fourth-order valence-electron chi connectivity index (χ4n) is 1.31. The second kappa shape index (κ2) is 6.16. The molecule has 1 aromatic carbocycles. The van der Waals surface area contributed by atoms with E-state index in [9.17, 15) is 4.21 Å². The molecule has 1 N–H and O–H groups in total. The fraction of sp³-hybridized carbons (Fsp3) is 0.538. The van der Waals surface area contributed by atoms with E-state index >= 15 is 0 Å². The second-order valence-electron chi connectivity index (χ2n) is 4.51. The zero-order valence-electron chi connectivity index (χ0n) is 10.5. The number of hydrogen-bond donors (Lipinski definition) is 1. The molecular formula is C13H21NOS. The molecule has 0 bridgehead atoms. The first-order valence-electron chi connectivity index (χ1n) is 5.66. The maximum atomic E-state index is 11.2. The van der Waals surface area contributed by atoms with Crippen molar-refractivity contribution >= 4 is 10.8 Å². The lowest BCUT2D eigenvalue weighted by Crippen LogP contribution is -2.30. The first-order valence-corrected chi connectivity index (χ1v) is 7.22. The van der Waals surface area contributed by atoms with Crippen molar-refractivity contribution in [3.05, 3.63) is 29.8 Å². The Morgan fingerprint density at radius 3 is 2.19 bits per heavy atom. The van der Waals surface area contributed by atoms with E-state index in [2.05, 4.69) is 26.1 Å². The van der Waals surface area contributed by atoms with E-state index in [0.29, 0.717) is 12.0 Å². The molecule has 0 saturated heterocycles. The fourth-order valence-corrected chi connectivity index (χ4v) is 1.83. The molecule has 1 aromatic rings. The van der Waals surface area contributed by atoms with Crippen molar-refractivity contribution in [2.24, 2.45) is 5.92 Å². The van der Waals surface area contributed by atoms with E-state index in [1.807, 2.05) is 24.3 Å². The summed E-state index contributed by atoms with van der Waals surface area (Å²) in [5.41, 5.74) is 1.24. The molecule has 2 nitrogen and oxygen atoms in total. The Balaban J connectivity index is 2.53. The van der Waals surface area contributed by atoms with Gasteiger partial charge in [-0.2, -0.15) is 0 Å². The smallest absolute Gasteiger partial charge is 0.0498 e. The van der Waals surface area contributed by atoms with Crippen molar-refractivity contribution in [1.82, 2.24) is 5.32 Å². The van der Waals surface area contributed by atoms with Crippen LogP contribution in [0.1, 0.15) is 26.3 Å². The molecule has 0 radical (unpaired) electrons. The maximum Gasteiger partial charge on any atom is 0.0498 e. The van der Waals surface area contributed by atoms with Gasteiger partial charge in [-0.05, 0) is 30.5 Å². The topological polar surface area (TPSA) is 29.1 Å². The summed E-state index contributed by atoms with van der Waals surface area (Å²) in [5, 5.41) is 3.47. The highest BCUT2D eigenvalue weighted by Gasteiger charge is 2.05. The van der Waals surface area contributed by atoms with Crippen LogP contribution in [0.2, 0.25) is 0 Å². The molecule has 3 heteroatoms. The van der Waals surface area contributed by atoms with Crippen LogP contribution in [-0.2, 0) is 17.3 Å². The van der Waals surface area contributed by atoms with Gasteiger partial charge >= 0.3 is 0 Å². The van der Waals surface area contributed by atoms with Crippen LogP contribution in [0.15, 0.2) is 29.2 Å². The van der Waals surface area contributed by atoms with Crippen LogP contribution in [-0.4, -0.2) is 16.5 Å². The summed E-state index contributed by atoms with van der Waals surface area (Å²) in [4.78, 5) is 0.889. The van der Waals surface area contributed by atoms with Gasteiger partial charge < -0.3 is 5.32 Å². The minimum Gasteiger partial charge on any atom is -0.310 e. The average Bonchev–Trinajstić information content (AvgIpc) is 2.26. The highest BCUT2D eigenvalue weighted by Crippen LogP contribution is 2.08. The van der Waals surface area contributed by atoms with E-state index in [-0.39, 0.29) is 0 Å². The third-order valence-electron chi connectivity index (χ3n) is 2.88. The predicted octanol–water partition coefficient (Wildman–Crippen LogP) is 2.56. The molecule has 1 rings (SSSR count). The van der Waals surface area contributed by atoms with E-state index in [0.717, 1.165) is 11.4 Å². The van der Waals surface area contributed by atoms with Crippen LogP contribution in [0.4, 0.5) is 0 Å². The molecule has 0 aliphatic rings. The Morgan fingerprint density at radius 1 is 1.19 bits per heavy atom. The number of rotatable bonds is 5. The lowest BCUT2D eigenvalue weighted by molar-refractivity contribution is 0.426. The Hall–Kier alpha value is -0.670. The van der Waals surface area contributed by atoms with Gasteiger partial charge in [0.25, 0.3) is 0 Å². The maximum absolute atomic E-state index is 11.2. The molecule has 0 heterocycles. The van der Waals surface area contributed by atoms with E-state index < -0.39 is 10.8 Å². The van der Waals surface area contributed by atoms with Gasteiger partial charge in [-0.25, -0.2) is 0 Å². The molecule has 0 aliphatic carbocycles. The Kier molecular flexibility index (Phi) is 5.16. The summed E-state index contributed by atoms with van der Waals surface area (Å²) in [6.07, 6.45) is 1.70. The normalized spacial score (nSPS) is 15.1. The molecule has 2 atom stereocenters. The van der Waals surface area contributed by atoms with E-state index in [1.54, 1.807) is 6.26 Å². The Labute approximate surface area is 101 Å². The highest BCUT2D eigenvalue weighted by molar-refractivity contribution is 7.84. The molecule has 0 fully saturated rings. The lowest BCUT2D eigenvalue weighted by atomic mass is 10.1. The summed E-state index contributed by atoms with van der Waals surface area (Å²) in [6.45, 7) is 7.48. The van der Waals surface area contributed by atoms with Gasteiger partial charge in [0.05, 0.1) is 0 Å². The third-order valence-corrected chi connectivity index (χ3v) is 3.82. The van der Waals surface area contributed by atoms with Crippen molar-refractivity contribution in [2.75, 3.05) is 6.26 Å². The monoisotopic (exact) mass is 239 g/mol. The lowest BCUT2D eigenvalue weighted by Gasteiger charge is -2.17.